The predicted molar refractivity (Wildman–Crippen MR) is 202 cm³/mol. The van der Waals surface area contributed by atoms with E-state index in [0.29, 0.717) is 17.5 Å². The Morgan fingerprint density at radius 1 is 0.320 bits per heavy atom. The van der Waals surface area contributed by atoms with Gasteiger partial charge in [0.05, 0.1) is 5.56 Å². The molecule has 0 unspecified atom stereocenters. The molecule has 10 aromatic rings. The zero-order valence-corrected chi connectivity index (χ0v) is 26.7. The average Bonchev–Trinajstić information content (AvgIpc) is 3.77. The van der Waals surface area contributed by atoms with Gasteiger partial charge in [-0.25, -0.2) is 15.0 Å². The summed E-state index contributed by atoms with van der Waals surface area (Å²) < 4.78 is 12.8. The van der Waals surface area contributed by atoms with Crippen LogP contribution in [0, 0.1) is 0 Å². The van der Waals surface area contributed by atoms with Gasteiger partial charge in [0.25, 0.3) is 0 Å². The number of hydrogen-bond acceptors (Lipinski definition) is 5. The summed E-state index contributed by atoms with van der Waals surface area (Å²) in [5, 5.41) is 4.22. The smallest absolute Gasteiger partial charge is 0.167 e. The maximum absolute atomic E-state index is 6.68. The number of aromatic nitrogens is 3. The van der Waals surface area contributed by atoms with Crippen LogP contribution in [0.5, 0.6) is 0 Å². The van der Waals surface area contributed by atoms with Gasteiger partial charge in [0.1, 0.15) is 22.3 Å². The van der Waals surface area contributed by atoms with Gasteiger partial charge < -0.3 is 8.83 Å². The quantitative estimate of drug-likeness (QED) is 0.187. The molecule has 5 nitrogen and oxygen atoms in total. The summed E-state index contributed by atoms with van der Waals surface area (Å²) in [5.41, 5.74) is 10.3. The van der Waals surface area contributed by atoms with Crippen LogP contribution in [0.25, 0.3) is 100 Å². The molecule has 0 spiro atoms. The molecule has 10 rings (SSSR count). The standard InChI is InChI=1S/C45H27N3O2/c1-3-11-28(12-4-1)29-19-21-31(22-20-29)44-46-43(30-13-5-2-6-14-30)47-45(48-44)36-25-24-33(41-35-16-8-10-18-39(35)50-42(36)41)32-23-26-40-37(27-32)34-15-7-9-17-38(34)49-40/h1-27H. The molecule has 234 valence electrons. The molecule has 0 fully saturated rings. The fraction of sp³-hybridized carbons (Fsp3) is 0. The second-order valence-corrected chi connectivity index (χ2v) is 12.4. The lowest BCUT2D eigenvalue weighted by Gasteiger charge is -2.11. The molecule has 3 aromatic heterocycles. The van der Waals surface area contributed by atoms with Crippen molar-refractivity contribution in [3.05, 3.63) is 164 Å². The molecule has 0 radical (unpaired) electrons. The Labute approximate surface area is 287 Å². The summed E-state index contributed by atoms with van der Waals surface area (Å²) >= 11 is 0. The lowest BCUT2D eigenvalue weighted by Crippen LogP contribution is -2.00. The van der Waals surface area contributed by atoms with Crippen molar-refractivity contribution in [2.24, 2.45) is 0 Å². The van der Waals surface area contributed by atoms with Gasteiger partial charge in [-0.1, -0.05) is 133 Å². The van der Waals surface area contributed by atoms with E-state index in [-0.39, 0.29) is 0 Å². The van der Waals surface area contributed by atoms with Gasteiger partial charge in [0, 0.05) is 32.7 Å². The molecule has 5 heteroatoms. The third kappa shape index (κ3) is 4.67. The van der Waals surface area contributed by atoms with Gasteiger partial charge in [-0.05, 0) is 52.6 Å². The molecule has 0 atom stereocenters. The van der Waals surface area contributed by atoms with E-state index in [2.05, 4.69) is 91.0 Å². The van der Waals surface area contributed by atoms with Crippen LogP contribution in [0.2, 0.25) is 0 Å². The number of benzene rings is 7. The monoisotopic (exact) mass is 641 g/mol. The summed E-state index contributed by atoms with van der Waals surface area (Å²) in [6.45, 7) is 0. The zero-order valence-electron chi connectivity index (χ0n) is 26.7. The van der Waals surface area contributed by atoms with E-state index in [4.69, 9.17) is 23.8 Å². The van der Waals surface area contributed by atoms with Crippen molar-refractivity contribution in [1.29, 1.82) is 0 Å². The third-order valence-corrected chi connectivity index (χ3v) is 9.37. The fourth-order valence-electron chi connectivity index (χ4n) is 6.92. The van der Waals surface area contributed by atoms with E-state index in [1.807, 2.05) is 72.8 Å². The lowest BCUT2D eigenvalue weighted by molar-refractivity contribution is 0.669. The van der Waals surface area contributed by atoms with Crippen molar-refractivity contribution < 1.29 is 8.83 Å². The molecular weight excluding hydrogens is 615 g/mol. The normalized spacial score (nSPS) is 11.6. The Balaban J connectivity index is 1.18. The molecule has 50 heavy (non-hydrogen) atoms. The highest BCUT2D eigenvalue weighted by atomic mass is 16.3. The molecule has 0 saturated carbocycles. The van der Waals surface area contributed by atoms with Crippen LogP contribution in [0.3, 0.4) is 0 Å². The Kier molecular flexibility index (Phi) is 6.42. The summed E-state index contributed by atoms with van der Waals surface area (Å²) in [6.07, 6.45) is 0. The van der Waals surface area contributed by atoms with Crippen LogP contribution in [0.15, 0.2) is 173 Å². The molecule has 3 heterocycles. The second kappa shape index (κ2) is 11.4. The van der Waals surface area contributed by atoms with Gasteiger partial charge in [-0.3, -0.25) is 0 Å². The SMILES string of the molecule is c1ccc(-c2ccc(-c3nc(-c4ccccc4)nc(-c4ccc(-c5ccc6oc7ccccc7c6c5)c5c4oc4ccccc45)n3)cc2)cc1. The number of rotatable bonds is 5. The summed E-state index contributed by atoms with van der Waals surface area (Å²) in [5.74, 6) is 1.75. The first-order valence-corrected chi connectivity index (χ1v) is 16.6. The topological polar surface area (TPSA) is 65.0 Å². The van der Waals surface area contributed by atoms with E-state index in [0.717, 1.165) is 82.8 Å². The summed E-state index contributed by atoms with van der Waals surface area (Å²) in [4.78, 5) is 15.1. The number of furan rings is 2. The average molecular weight is 642 g/mol. The van der Waals surface area contributed by atoms with Crippen molar-refractivity contribution in [3.8, 4) is 56.4 Å². The van der Waals surface area contributed by atoms with E-state index >= 15 is 0 Å². The van der Waals surface area contributed by atoms with E-state index < -0.39 is 0 Å². The van der Waals surface area contributed by atoms with Crippen LogP contribution in [0.1, 0.15) is 0 Å². The summed E-state index contributed by atoms with van der Waals surface area (Å²) in [7, 11) is 0. The van der Waals surface area contributed by atoms with E-state index in [1.54, 1.807) is 0 Å². The second-order valence-electron chi connectivity index (χ2n) is 12.4. The Morgan fingerprint density at radius 2 is 0.820 bits per heavy atom. The minimum Gasteiger partial charge on any atom is -0.456 e. The zero-order chi connectivity index (χ0) is 33.0. The molecule has 0 amide bonds. The fourth-order valence-corrected chi connectivity index (χ4v) is 6.92. The van der Waals surface area contributed by atoms with Crippen LogP contribution in [-0.2, 0) is 0 Å². The Hall–Kier alpha value is -6.85. The minimum atomic E-state index is 0.549. The van der Waals surface area contributed by atoms with Crippen LogP contribution < -0.4 is 0 Å². The van der Waals surface area contributed by atoms with Gasteiger partial charge in [0.15, 0.2) is 17.5 Å². The molecule has 0 aliphatic heterocycles. The highest BCUT2D eigenvalue weighted by Gasteiger charge is 2.21. The Bertz CT molecular complexity index is 2850. The summed E-state index contributed by atoms with van der Waals surface area (Å²) in [6, 6.07) is 55.7. The van der Waals surface area contributed by atoms with Crippen molar-refractivity contribution in [3.63, 3.8) is 0 Å². The van der Waals surface area contributed by atoms with E-state index in [9.17, 15) is 0 Å². The van der Waals surface area contributed by atoms with Crippen molar-refractivity contribution >= 4 is 43.9 Å². The maximum atomic E-state index is 6.68. The number of nitrogens with zero attached hydrogens (tertiary/aromatic N) is 3. The lowest BCUT2D eigenvalue weighted by atomic mass is 9.95. The van der Waals surface area contributed by atoms with Crippen LogP contribution in [-0.4, -0.2) is 15.0 Å². The molecule has 0 aliphatic carbocycles. The van der Waals surface area contributed by atoms with Gasteiger partial charge in [-0.2, -0.15) is 0 Å². The van der Waals surface area contributed by atoms with E-state index in [1.165, 1.54) is 0 Å². The highest BCUT2D eigenvalue weighted by Crippen LogP contribution is 2.43. The largest absolute Gasteiger partial charge is 0.456 e. The molecule has 0 aliphatic rings. The molecule has 0 saturated heterocycles. The third-order valence-electron chi connectivity index (χ3n) is 9.37. The van der Waals surface area contributed by atoms with Crippen LogP contribution in [0.4, 0.5) is 0 Å². The highest BCUT2D eigenvalue weighted by molar-refractivity contribution is 6.17. The predicted octanol–water partition coefficient (Wildman–Crippen LogP) is 12.0. The number of fused-ring (bicyclic) bond motifs is 6. The van der Waals surface area contributed by atoms with Crippen molar-refractivity contribution in [2.45, 2.75) is 0 Å². The van der Waals surface area contributed by atoms with Crippen molar-refractivity contribution in [2.75, 3.05) is 0 Å². The molecular formula is C45H27N3O2. The minimum absolute atomic E-state index is 0.549. The first-order valence-electron chi connectivity index (χ1n) is 16.6. The van der Waals surface area contributed by atoms with Crippen molar-refractivity contribution in [1.82, 2.24) is 15.0 Å². The first kappa shape index (κ1) is 28.2. The molecule has 0 N–H and O–H groups in total. The molecule has 7 aromatic carbocycles. The van der Waals surface area contributed by atoms with Gasteiger partial charge in [-0.15, -0.1) is 0 Å². The van der Waals surface area contributed by atoms with Crippen LogP contribution >= 0.6 is 0 Å². The van der Waals surface area contributed by atoms with Gasteiger partial charge >= 0.3 is 0 Å². The molecule has 0 bridgehead atoms. The Morgan fingerprint density at radius 3 is 1.56 bits per heavy atom. The maximum Gasteiger partial charge on any atom is 0.167 e. The number of hydrogen-bond donors (Lipinski definition) is 0. The number of para-hydroxylation sites is 2. The van der Waals surface area contributed by atoms with Gasteiger partial charge in [0.2, 0.25) is 0 Å². The first-order chi connectivity index (χ1) is 24.8.